The number of amides is 2. The Bertz CT molecular complexity index is 954. The van der Waals surface area contributed by atoms with Gasteiger partial charge in [0, 0.05) is 13.5 Å². The summed E-state index contributed by atoms with van der Waals surface area (Å²) in [4.78, 5) is 36.3. The van der Waals surface area contributed by atoms with Crippen molar-refractivity contribution in [2.75, 3.05) is 6.61 Å². The van der Waals surface area contributed by atoms with Crippen LogP contribution in [0.15, 0.2) is 23.0 Å². The molecule has 27 heavy (non-hydrogen) atoms. The third-order valence-corrected chi connectivity index (χ3v) is 5.49. The fourth-order valence-corrected chi connectivity index (χ4v) is 3.81. The summed E-state index contributed by atoms with van der Waals surface area (Å²) in [6, 6.07) is 5.06. The van der Waals surface area contributed by atoms with Crippen molar-refractivity contribution in [2.24, 2.45) is 7.05 Å². The highest BCUT2D eigenvalue weighted by molar-refractivity contribution is 6.00. The monoisotopic (exact) mass is 373 g/mol. The second kappa shape index (κ2) is 6.94. The van der Waals surface area contributed by atoms with Gasteiger partial charge in [-0.1, -0.05) is 6.07 Å². The van der Waals surface area contributed by atoms with Crippen LogP contribution in [0.2, 0.25) is 0 Å². The molecule has 8 nitrogen and oxygen atoms in total. The van der Waals surface area contributed by atoms with Crippen LogP contribution in [0.3, 0.4) is 0 Å². The minimum Gasteiger partial charge on any atom is -0.393 e. The van der Waals surface area contributed by atoms with Gasteiger partial charge < -0.3 is 9.84 Å². The van der Waals surface area contributed by atoms with Crippen LogP contribution in [0.5, 0.6) is 0 Å². The summed E-state index contributed by atoms with van der Waals surface area (Å²) >= 11 is 0. The number of nitrogens with one attached hydrogen (secondary N) is 1. The highest BCUT2D eigenvalue weighted by Gasteiger charge is 2.31. The molecule has 1 unspecified atom stereocenters. The number of aryl methyl sites for hydroxylation is 1. The number of aromatic nitrogens is 2. The van der Waals surface area contributed by atoms with E-state index in [1.165, 1.54) is 9.13 Å². The van der Waals surface area contributed by atoms with Crippen LogP contribution in [0, 0.1) is 0 Å². The molecule has 2 aliphatic rings. The lowest BCUT2D eigenvalue weighted by atomic mass is 9.92. The number of ether oxygens (including phenoxy) is 1. The number of fused-ring (bicyclic) bond motifs is 1. The van der Waals surface area contributed by atoms with Gasteiger partial charge in [0.15, 0.2) is 0 Å². The average molecular weight is 373 g/mol. The largest absolute Gasteiger partial charge is 0.393 e. The topological polar surface area (TPSA) is 103 Å². The molecule has 2 heterocycles. The van der Waals surface area contributed by atoms with Crippen LogP contribution < -0.4 is 11.0 Å². The highest BCUT2D eigenvalue weighted by atomic mass is 16.5. The molecule has 0 radical (unpaired) electrons. The van der Waals surface area contributed by atoms with E-state index in [2.05, 4.69) is 5.32 Å². The molecule has 2 amide bonds. The first-order valence-corrected chi connectivity index (χ1v) is 9.27. The van der Waals surface area contributed by atoms with E-state index in [4.69, 9.17) is 4.74 Å². The number of hydrogen-bond acceptors (Lipinski definition) is 5. The number of piperidine rings is 1. The first kappa shape index (κ1) is 17.9. The maximum Gasteiger partial charge on any atom is 0.329 e. The summed E-state index contributed by atoms with van der Waals surface area (Å²) in [5.41, 5.74) is 2.21. The zero-order valence-electron chi connectivity index (χ0n) is 15.2. The number of carbonyl (C=O) groups is 2. The number of imidazole rings is 1. The van der Waals surface area contributed by atoms with Crippen LogP contribution in [-0.4, -0.2) is 44.9 Å². The van der Waals surface area contributed by atoms with E-state index in [0.29, 0.717) is 37.8 Å². The second-order valence-electron chi connectivity index (χ2n) is 7.37. The van der Waals surface area contributed by atoms with Crippen molar-refractivity contribution in [1.29, 1.82) is 0 Å². The van der Waals surface area contributed by atoms with Crippen molar-refractivity contribution < 1.29 is 19.4 Å². The Kier molecular flexibility index (Phi) is 4.61. The van der Waals surface area contributed by atoms with E-state index in [9.17, 15) is 19.5 Å². The number of benzene rings is 1. The third-order valence-electron chi connectivity index (χ3n) is 5.49. The van der Waals surface area contributed by atoms with Gasteiger partial charge in [0.05, 0.1) is 29.8 Å². The van der Waals surface area contributed by atoms with Gasteiger partial charge in [0.2, 0.25) is 11.8 Å². The predicted octanol–water partition coefficient (Wildman–Crippen LogP) is 0.400. The van der Waals surface area contributed by atoms with Crippen molar-refractivity contribution in [1.82, 2.24) is 14.5 Å². The van der Waals surface area contributed by atoms with Crippen LogP contribution in [0.25, 0.3) is 11.0 Å². The summed E-state index contributed by atoms with van der Waals surface area (Å²) in [7, 11) is 1.68. The number of aliphatic hydroxyl groups is 1. The number of rotatable bonds is 5. The fourth-order valence-electron chi connectivity index (χ4n) is 3.81. The Morgan fingerprint density at radius 1 is 1.22 bits per heavy atom. The number of hydrogen-bond donors (Lipinski definition) is 2. The zero-order valence-corrected chi connectivity index (χ0v) is 15.2. The number of imide groups is 1. The molecule has 8 heteroatoms. The van der Waals surface area contributed by atoms with Crippen molar-refractivity contribution in [3.8, 4) is 0 Å². The molecule has 0 bridgehead atoms. The van der Waals surface area contributed by atoms with Gasteiger partial charge in [-0.25, -0.2) is 4.79 Å². The van der Waals surface area contributed by atoms with Crippen molar-refractivity contribution in [2.45, 2.75) is 50.4 Å². The molecule has 2 N–H and O–H groups in total. The Morgan fingerprint density at radius 3 is 2.70 bits per heavy atom. The van der Waals surface area contributed by atoms with Crippen LogP contribution in [0.4, 0.5) is 0 Å². The van der Waals surface area contributed by atoms with E-state index >= 15 is 0 Å². The molecule has 4 rings (SSSR count). The highest BCUT2D eigenvalue weighted by Crippen LogP contribution is 2.25. The van der Waals surface area contributed by atoms with E-state index in [-0.39, 0.29) is 30.2 Å². The predicted molar refractivity (Wildman–Crippen MR) is 97.3 cm³/mol. The summed E-state index contributed by atoms with van der Waals surface area (Å²) in [6.07, 6.45) is 2.57. The lowest BCUT2D eigenvalue weighted by Gasteiger charge is -2.31. The molecule has 2 fully saturated rings. The minimum absolute atomic E-state index is 0.140. The standard InChI is InChI=1S/C19H23N3O5/c1-21-16-8-11(6-7-27-13-9-12(23)10-13)2-3-14(16)22(19(21)26)15-4-5-17(24)20-18(15)25/h2-3,8,12-13,15,23H,4-7,9-10H2,1H3,(H,20,24,25). The Morgan fingerprint density at radius 2 is 2.00 bits per heavy atom. The lowest BCUT2D eigenvalue weighted by molar-refractivity contribution is -0.135. The molecule has 1 aliphatic carbocycles. The van der Waals surface area contributed by atoms with Crippen LogP contribution in [0.1, 0.15) is 37.3 Å². The molecule has 1 aromatic carbocycles. The Labute approximate surface area is 155 Å². The summed E-state index contributed by atoms with van der Waals surface area (Å²) in [6.45, 7) is 0.560. The van der Waals surface area contributed by atoms with Crippen LogP contribution >= 0.6 is 0 Å². The van der Waals surface area contributed by atoms with Crippen LogP contribution in [-0.2, 0) is 27.8 Å². The lowest BCUT2D eigenvalue weighted by Crippen LogP contribution is -2.44. The van der Waals surface area contributed by atoms with Gasteiger partial charge >= 0.3 is 5.69 Å². The SMILES string of the molecule is Cn1c(=O)n(C2CCC(=O)NC2=O)c2ccc(CCOC3CC(O)C3)cc21. The Hall–Kier alpha value is -2.45. The normalized spacial score (nSPS) is 25.5. The number of aliphatic hydroxyl groups excluding tert-OH is 1. The molecule has 1 aliphatic heterocycles. The Balaban J connectivity index is 1.56. The smallest absolute Gasteiger partial charge is 0.329 e. The van der Waals surface area contributed by atoms with Crippen molar-refractivity contribution in [3.05, 3.63) is 34.2 Å². The molecule has 1 atom stereocenters. The van der Waals surface area contributed by atoms with Crippen molar-refractivity contribution in [3.63, 3.8) is 0 Å². The number of carbonyl (C=O) groups excluding carboxylic acids is 2. The zero-order chi connectivity index (χ0) is 19.1. The quantitative estimate of drug-likeness (QED) is 0.739. The van der Waals surface area contributed by atoms with Gasteiger partial charge in [-0.15, -0.1) is 0 Å². The third kappa shape index (κ3) is 3.30. The van der Waals surface area contributed by atoms with E-state index in [1.807, 2.05) is 18.2 Å². The summed E-state index contributed by atoms with van der Waals surface area (Å²) in [5.74, 6) is -0.730. The molecule has 1 aromatic heterocycles. The molecule has 1 saturated heterocycles. The average Bonchev–Trinajstić information content (AvgIpc) is 2.85. The molecule has 1 saturated carbocycles. The van der Waals surface area contributed by atoms with E-state index < -0.39 is 11.9 Å². The summed E-state index contributed by atoms with van der Waals surface area (Å²) in [5, 5.41) is 11.6. The van der Waals surface area contributed by atoms with Gasteiger partial charge in [-0.05, 0) is 43.4 Å². The molecule has 0 spiro atoms. The molecular weight excluding hydrogens is 350 g/mol. The van der Waals surface area contributed by atoms with Gasteiger partial charge in [-0.2, -0.15) is 0 Å². The maximum atomic E-state index is 12.7. The molecule has 144 valence electrons. The van der Waals surface area contributed by atoms with Gasteiger partial charge in [-0.3, -0.25) is 24.0 Å². The van der Waals surface area contributed by atoms with E-state index in [0.717, 1.165) is 11.1 Å². The fraction of sp³-hybridized carbons (Fsp3) is 0.526. The molecule has 2 aromatic rings. The first-order valence-electron chi connectivity index (χ1n) is 9.27. The van der Waals surface area contributed by atoms with E-state index in [1.54, 1.807) is 7.05 Å². The van der Waals surface area contributed by atoms with Gasteiger partial charge in [0.1, 0.15) is 6.04 Å². The minimum atomic E-state index is -0.668. The van der Waals surface area contributed by atoms with Gasteiger partial charge in [0.25, 0.3) is 0 Å². The molecular formula is C19H23N3O5. The summed E-state index contributed by atoms with van der Waals surface area (Å²) < 4.78 is 8.74. The second-order valence-corrected chi connectivity index (χ2v) is 7.37. The number of nitrogens with zero attached hydrogens (tertiary/aromatic N) is 2. The maximum absolute atomic E-state index is 12.7. The first-order chi connectivity index (χ1) is 12.9. The van der Waals surface area contributed by atoms with Crippen molar-refractivity contribution >= 4 is 22.8 Å².